The van der Waals surface area contributed by atoms with Gasteiger partial charge in [-0.2, -0.15) is 0 Å². The van der Waals surface area contributed by atoms with Gasteiger partial charge in [0.05, 0.1) is 0 Å². The first-order valence-electron chi connectivity index (χ1n) is 3.89. The van der Waals surface area contributed by atoms with Gasteiger partial charge in [0.2, 0.25) is 0 Å². The van der Waals surface area contributed by atoms with E-state index in [9.17, 15) is 0 Å². The van der Waals surface area contributed by atoms with Gasteiger partial charge in [-0.05, 0) is 26.3 Å². The van der Waals surface area contributed by atoms with Gasteiger partial charge in [-0.3, -0.25) is 0 Å². The molecular formula is C10H17N. The molecule has 0 spiro atoms. The van der Waals surface area contributed by atoms with Gasteiger partial charge in [-0.25, -0.2) is 0 Å². The third-order valence-electron chi connectivity index (χ3n) is 1.64. The highest BCUT2D eigenvalue weighted by molar-refractivity contribution is 5.18. The molecule has 0 unspecified atom stereocenters. The molecule has 0 heterocycles. The lowest BCUT2D eigenvalue weighted by atomic mass is 10.2. The van der Waals surface area contributed by atoms with Crippen LogP contribution in [0.2, 0.25) is 0 Å². The fraction of sp³-hybridized carbons (Fsp3) is 0.400. The molecule has 0 aromatic heterocycles. The van der Waals surface area contributed by atoms with Crippen LogP contribution < -0.4 is 5.32 Å². The minimum absolute atomic E-state index is 0.871. The lowest BCUT2D eigenvalue weighted by Crippen LogP contribution is -2.13. The van der Waals surface area contributed by atoms with E-state index in [2.05, 4.69) is 31.0 Å². The highest BCUT2D eigenvalue weighted by Gasteiger charge is 1.88. The fourth-order valence-corrected chi connectivity index (χ4v) is 0.636. The quantitative estimate of drug-likeness (QED) is 0.609. The van der Waals surface area contributed by atoms with Crippen molar-refractivity contribution in [1.82, 2.24) is 5.32 Å². The van der Waals surface area contributed by atoms with Crippen LogP contribution >= 0.6 is 0 Å². The molecular weight excluding hydrogens is 134 g/mol. The van der Waals surface area contributed by atoms with E-state index in [4.69, 9.17) is 0 Å². The average Bonchev–Trinajstić information content (AvgIpc) is 2.06. The number of hydrogen-bond donors (Lipinski definition) is 1. The molecule has 0 rings (SSSR count). The summed E-state index contributed by atoms with van der Waals surface area (Å²) in [4.78, 5) is 0. The van der Waals surface area contributed by atoms with Crippen LogP contribution in [0.15, 0.2) is 36.1 Å². The normalized spacial score (nSPS) is 13.0. The standard InChI is InChI=1S/C10H17N/c1-5-9(4)11-8-10(6-2)7-3/h5-7,11H,2,8H2,1,3-4H3/b9-5+,10-7+. The zero-order valence-electron chi connectivity index (χ0n) is 7.65. The molecule has 0 aliphatic carbocycles. The first-order chi connectivity index (χ1) is 5.24. The molecule has 0 aliphatic heterocycles. The average molecular weight is 151 g/mol. The Hall–Kier alpha value is -0.980. The molecule has 0 aliphatic rings. The van der Waals surface area contributed by atoms with Gasteiger partial charge in [0.25, 0.3) is 0 Å². The van der Waals surface area contributed by atoms with Gasteiger partial charge >= 0.3 is 0 Å². The van der Waals surface area contributed by atoms with E-state index in [1.807, 2.05) is 19.9 Å². The van der Waals surface area contributed by atoms with Crippen molar-refractivity contribution in [2.75, 3.05) is 6.54 Å². The predicted molar refractivity (Wildman–Crippen MR) is 51.4 cm³/mol. The Labute approximate surface area is 69.5 Å². The van der Waals surface area contributed by atoms with E-state index in [0.717, 1.165) is 6.54 Å². The van der Waals surface area contributed by atoms with Crippen molar-refractivity contribution in [3.8, 4) is 0 Å². The lowest BCUT2D eigenvalue weighted by molar-refractivity contribution is 0.879. The Morgan fingerprint density at radius 2 is 2.00 bits per heavy atom. The number of rotatable bonds is 4. The first kappa shape index (κ1) is 10.0. The van der Waals surface area contributed by atoms with Gasteiger partial charge in [-0.15, -0.1) is 0 Å². The van der Waals surface area contributed by atoms with E-state index in [-0.39, 0.29) is 0 Å². The summed E-state index contributed by atoms with van der Waals surface area (Å²) in [6.45, 7) is 10.7. The van der Waals surface area contributed by atoms with E-state index >= 15 is 0 Å². The van der Waals surface area contributed by atoms with E-state index in [0.29, 0.717) is 0 Å². The van der Waals surface area contributed by atoms with Crippen LogP contribution in [0, 0.1) is 0 Å². The minimum atomic E-state index is 0.871. The molecule has 0 fully saturated rings. The smallest absolute Gasteiger partial charge is 0.0394 e. The minimum Gasteiger partial charge on any atom is -0.385 e. The fourth-order valence-electron chi connectivity index (χ4n) is 0.636. The van der Waals surface area contributed by atoms with Crippen molar-refractivity contribution in [1.29, 1.82) is 0 Å². The van der Waals surface area contributed by atoms with Crippen molar-refractivity contribution >= 4 is 0 Å². The maximum absolute atomic E-state index is 3.71. The maximum Gasteiger partial charge on any atom is 0.0394 e. The van der Waals surface area contributed by atoms with E-state index < -0.39 is 0 Å². The predicted octanol–water partition coefficient (Wildman–Crippen LogP) is 2.63. The molecule has 1 heteroatoms. The van der Waals surface area contributed by atoms with Crippen LogP contribution in [0.25, 0.3) is 0 Å². The Bertz CT molecular complexity index is 175. The first-order valence-corrected chi connectivity index (χ1v) is 3.89. The molecule has 1 N–H and O–H groups in total. The van der Waals surface area contributed by atoms with Crippen LogP contribution in [0.4, 0.5) is 0 Å². The molecule has 1 nitrogen and oxygen atoms in total. The summed E-state index contributed by atoms with van der Waals surface area (Å²) >= 11 is 0. The van der Waals surface area contributed by atoms with Gasteiger partial charge in [0, 0.05) is 12.2 Å². The molecule has 0 saturated heterocycles. The zero-order chi connectivity index (χ0) is 8.69. The SMILES string of the molecule is C=C/C(=C\C)CN/C(C)=C/C. The van der Waals surface area contributed by atoms with Crippen molar-refractivity contribution in [3.63, 3.8) is 0 Å². The largest absolute Gasteiger partial charge is 0.385 e. The molecule has 0 saturated carbocycles. The number of hydrogen-bond acceptors (Lipinski definition) is 1. The Balaban J connectivity index is 3.78. The maximum atomic E-state index is 3.71. The van der Waals surface area contributed by atoms with Gasteiger partial charge in [-0.1, -0.05) is 24.8 Å². The third kappa shape index (κ3) is 4.43. The van der Waals surface area contributed by atoms with Crippen LogP contribution in [0.5, 0.6) is 0 Å². The molecule has 0 atom stereocenters. The zero-order valence-corrected chi connectivity index (χ0v) is 7.65. The third-order valence-corrected chi connectivity index (χ3v) is 1.64. The van der Waals surface area contributed by atoms with Crippen molar-refractivity contribution in [2.45, 2.75) is 20.8 Å². The summed E-state index contributed by atoms with van der Waals surface area (Å²) in [5.74, 6) is 0. The summed E-state index contributed by atoms with van der Waals surface area (Å²) in [7, 11) is 0. The second kappa shape index (κ2) is 5.78. The summed E-state index contributed by atoms with van der Waals surface area (Å²) in [6, 6.07) is 0. The summed E-state index contributed by atoms with van der Waals surface area (Å²) in [5, 5.41) is 3.26. The van der Waals surface area contributed by atoms with Crippen molar-refractivity contribution < 1.29 is 0 Å². The molecule has 0 bridgehead atoms. The van der Waals surface area contributed by atoms with Gasteiger partial charge in [0.15, 0.2) is 0 Å². The number of allylic oxidation sites excluding steroid dienone is 3. The molecule has 62 valence electrons. The second-order valence-corrected chi connectivity index (χ2v) is 2.39. The number of nitrogens with one attached hydrogen (secondary N) is 1. The molecule has 0 aromatic rings. The monoisotopic (exact) mass is 151 g/mol. The summed E-state index contributed by atoms with van der Waals surface area (Å²) in [6.07, 6.45) is 5.98. The molecule has 0 radical (unpaired) electrons. The van der Waals surface area contributed by atoms with Crippen LogP contribution in [0.3, 0.4) is 0 Å². The topological polar surface area (TPSA) is 12.0 Å². The van der Waals surface area contributed by atoms with Crippen LogP contribution in [-0.2, 0) is 0 Å². The molecule has 0 aromatic carbocycles. The Kier molecular flexibility index (Phi) is 5.26. The summed E-state index contributed by atoms with van der Waals surface area (Å²) in [5.41, 5.74) is 2.43. The molecule has 0 amide bonds. The van der Waals surface area contributed by atoms with E-state index in [1.54, 1.807) is 0 Å². The van der Waals surface area contributed by atoms with Crippen LogP contribution in [-0.4, -0.2) is 6.54 Å². The highest BCUT2D eigenvalue weighted by atomic mass is 14.9. The van der Waals surface area contributed by atoms with Gasteiger partial charge < -0.3 is 5.32 Å². The summed E-state index contributed by atoms with van der Waals surface area (Å²) < 4.78 is 0. The highest BCUT2D eigenvalue weighted by Crippen LogP contribution is 1.94. The Morgan fingerprint density at radius 1 is 1.36 bits per heavy atom. The van der Waals surface area contributed by atoms with Gasteiger partial charge in [0.1, 0.15) is 0 Å². The van der Waals surface area contributed by atoms with Crippen LogP contribution in [0.1, 0.15) is 20.8 Å². The molecule has 11 heavy (non-hydrogen) atoms. The van der Waals surface area contributed by atoms with Crippen molar-refractivity contribution in [3.05, 3.63) is 36.1 Å². The second-order valence-electron chi connectivity index (χ2n) is 2.39. The van der Waals surface area contributed by atoms with E-state index in [1.165, 1.54) is 11.3 Å². The van der Waals surface area contributed by atoms with Crippen molar-refractivity contribution in [2.24, 2.45) is 0 Å². The lowest BCUT2D eigenvalue weighted by Gasteiger charge is -2.05. The Morgan fingerprint density at radius 3 is 2.36 bits per heavy atom.